The molecule has 0 aliphatic carbocycles. The van der Waals surface area contributed by atoms with Crippen molar-refractivity contribution in [1.29, 1.82) is 0 Å². The molecule has 0 aliphatic rings. The van der Waals surface area contributed by atoms with Crippen LogP contribution in [0.2, 0.25) is 10.0 Å². The molecule has 0 radical (unpaired) electrons. The van der Waals surface area contributed by atoms with E-state index in [2.05, 4.69) is 0 Å². The lowest BCUT2D eigenvalue weighted by atomic mass is 10.2. The Morgan fingerprint density at radius 1 is 1.36 bits per heavy atom. The lowest BCUT2D eigenvalue weighted by Gasteiger charge is -2.02. The van der Waals surface area contributed by atoms with Crippen LogP contribution in [-0.2, 0) is 4.79 Å². The summed E-state index contributed by atoms with van der Waals surface area (Å²) in [6, 6.07) is 3.01. The van der Waals surface area contributed by atoms with E-state index in [0.29, 0.717) is 5.56 Å². The van der Waals surface area contributed by atoms with Crippen LogP contribution in [-0.4, -0.2) is 10.9 Å². The average Bonchev–Trinajstić information content (AvgIpc) is 2.13. The molecule has 14 heavy (non-hydrogen) atoms. The van der Waals surface area contributed by atoms with Gasteiger partial charge in [-0.3, -0.25) is 4.79 Å². The number of halogens is 2. The number of carbonyl (C=O) groups is 1. The summed E-state index contributed by atoms with van der Waals surface area (Å²) >= 11 is 11.5. The van der Waals surface area contributed by atoms with Crippen molar-refractivity contribution in [2.45, 2.75) is 6.92 Å². The molecular weight excluding hydrogens is 223 g/mol. The molecule has 0 fully saturated rings. The van der Waals surface area contributed by atoms with E-state index in [4.69, 9.17) is 23.2 Å². The zero-order valence-corrected chi connectivity index (χ0v) is 8.93. The Kier molecular flexibility index (Phi) is 3.55. The van der Waals surface area contributed by atoms with Gasteiger partial charge in [0.1, 0.15) is 10.8 Å². The minimum Gasteiger partial charge on any atom is -0.506 e. The molecule has 0 bridgehead atoms. The third kappa shape index (κ3) is 2.50. The first-order valence-electron chi connectivity index (χ1n) is 3.88. The van der Waals surface area contributed by atoms with Crippen LogP contribution in [0.25, 0.3) is 6.08 Å². The molecule has 0 unspecified atom stereocenters. The summed E-state index contributed by atoms with van der Waals surface area (Å²) in [7, 11) is 0. The molecule has 1 N–H and O–H groups in total. The zero-order valence-electron chi connectivity index (χ0n) is 7.42. The van der Waals surface area contributed by atoms with Crippen LogP contribution in [0.4, 0.5) is 0 Å². The maximum absolute atomic E-state index is 10.7. The fourth-order valence-electron chi connectivity index (χ4n) is 0.890. The second-order valence-electron chi connectivity index (χ2n) is 2.75. The Labute approximate surface area is 91.8 Å². The van der Waals surface area contributed by atoms with Crippen molar-refractivity contribution in [3.8, 4) is 5.75 Å². The second-order valence-corrected chi connectivity index (χ2v) is 3.50. The first-order chi connectivity index (χ1) is 6.52. The van der Waals surface area contributed by atoms with Crippen LogP contribution >= 0.6 is 23.2 Å². The van der Waals surface area contributed by atoms with E-state index in [1.165, 1.54) is 19.1 Å². The van der Waals surface area contributed by atoms with Gasteiger partial charge in [0.25, 0.3) is 0 Å². The molecular formula is C10H8Cl2O2. The standard InChI is InChI=1S/C10H8Cl2O2/c1-6(13)2-3-7-4-5-8(14)10(12)9(7)11/h2-5,14H,1H3/b3-2+. The summed E-state index contributed by atoms with van der Waals surface area (Å²) in [5.41, 5.74) is 0.602. The van der Waals surface area contributed by atoms with Crippen molar-refractivity contribution < 1.29 is 9.90 Å². The minimum atomic E-state index is -0.0785. The van der Waals surface area contributed by atoms with Gasteiger partial charge in [0, 0.05) is 0 Å². The highest BCUT2D eigenvalue weighted by Gasteiger charge is 2.06. The summed E-state index contributed by atoms with van der Waals surface area (Å²) in [6.07, 6.45) is 2.94. The quantitative estimate of drug-likeness (QED) is 0.792. The van der Waals surface area contributed by atoms with E-state index in [9.17, 15) is 9.90 Å². The summed E-state index contributed by atoms with van der Waals surface area (Å²) in [6.45, 7) is 1.44. The molecule has 0 saturated carbocycles. The Hall–Kier alpha value is -0.990. The van der Waals surface area contributed by atoms with Gasteiger partial charge in [-0.05, 0) is 36.8 Å². The second kappa shape index (κ2) is 4.49. The van der Waals surface area contributed by atoms with E-state index < -0.39 is 0 Å². The molecule has 2 nitrogen and oxygen atoms in total. The van der Waals surface area contributed by atoms with E-state index in [-0.39, 0.29) is 21.6 Å². The van der Waals surface area contributed by atoms with Gasteiger partial charge < -0.3 is 5.11 Å². The highest BCUT2D eigenvalue weighted by molar-refractivity contribution is 6.43. The van der Waals surface area contributed by atoms with Crippen molar-refractivity contribution in [3.63, 3.8) is 0 Å². The number of phenols is 1. The molecule has 0 heterocycles. The molecule has 0 aromatic heterocycles. The summed E-state index contributed by atoms with van der Waals surface area (Å²) < 4.78 is 0. The smallest absolute Gasteiger partial charge is 0.152 e. The highest BCUT2D eigenvalue weighted by Crippen LogP contribution is 2.34. The van der Waals surface area contributed by atoms with E-state index >= 15 is 0 Å². The van der Waals surface area contributed by atoms with Gasteiger partial charge in [-0.1, -0.05) is 23.2 Å². The molecule has 1 aromatic carbocycles. The normalized spacial score (nSPS) is 10.8. The predicted molar refractivity (Wildman–Crippen MR) is 57.8 cm³/mol. The number of hydrogen-bond acceptors (Lipinski definition) is 2. The number of rotatable bonds is 2. The summed E-state index contributed by atoms with van der Waals surface area (Å²) in [5, 5.41) is 9.53. The zero-order chi connectivity index (χ0) is 10.7. The van der Waals surface area contributed by atoms with Crippen molar-refractivity contribution in [1.82, 2.24) is 0 Å². The Morgan fingerprint density at radius 3 is 2.57 bits per heavy atom. The molecule has 0 spiro atoms. The van der Waals surface area contributed by atoms with Crippen LogP contribution in [0.5, 0.6) is 5.75 Å². The first-order valence-corrected chi connectivity index (χ1v) is 4.63. The van der Waals surface area contributed by atoms with Crippen molar-refractivity contribution in [2.75, 3.05) is 0 Å². The SMILES string of the molecule is CC(=O)/C=C/c1ccc(O)c(Cl)c1Cl. The number of allylic oxidation sites excluding steroid dienone is 1. The van der Waals surface area contributed by atoms with Crippen LogP contribution in [0.1, 0.15) is 12.5 Å². The monoisotopic (exact) mass is 230 g/mol. The van der Waals surface area contributed by atoms with Gasteiger partial charge in [0.15, 0.2) is 5.78 Å². The molecule has 0 amide bonds. The van der Waals surface area contributed by atoms with Crippen LogP contribution < -0.4 is 0 Å². The number of aromatic hydroxyl groups is 1. The Bertz CT molecular complexity index is 397. The largest absolute Gasteiger partial charge is 0.506 e. The number of hydrogen-bond donors (Lipinski definition) is 1. The number of benzene rings is 1. The highest BCUT2D eigenvalue weighted by atomic mass is 35.5. The third-order valence-corrected chi connectivity index (χ3v) is 2.48. The van der Waals surface area contributed by atoms with Crippen molar-refractivity contribution in [3.05, 3.63) is 33.8 Å². The minimum absolute atomic E-state index is 0.0726. The number of phenolic OH excluding ortho intramolecular Hbond substituents is 1. The molecule has 1 rings (SSSR count). The molecule has 0 saturated heterocycles. The van der Waals surface area contributed by atoms with Gasteiger partial charge in [0.2, 0.25) is 0 Å². The van der Waals surface area contributed by atoms with Crippen molar-refractivity contribution >= 4 is 35.1 Å². The fourth-order valence-corrected chi connectivity index (χ4v) is 1.28. The molecule has 0 aliphatic heterocycles. The predicted octanol–water partition coefficient (Wildman–Crippen LogP) is 3.30. The topological polar surface area (TPSA) is 37.3 Å². The van der Waals surface area contributed by atoms with Crippen molar-refractivity contribution in [2.24, 2.45) is 0 Å². The van der Waals surface area contributed by atoms with E-state index in [1.54, 1.807) is 12.1 Å². The van der Waals surface area contributed by atoms with Gasteiger partial charge in [0.05, 0.1) is 5.02 Å². The van der Waals surface area contributed by atoms with Gasteiger partial charge in [-0.25, -0.2) is 0 Å². The van der Waals surface area contributed by atoms with Gasteiger partial charge in [-0.15, -0.1) is 0 Å². The Balaban J connectivity index is 3.12. The van der Waals surface area contributed by atoms with Gasteiger partial charge >= 0.3 is 0 Å². The molecule has 1 aromatic rings. The molecule has 4 heteroatoms. The van der Waals surface area contributed by atoms with Crippen LogP contribution in [0.15, 0.2) is 18.2 Å². The lowest BCUT2D eigenvalue weighted by Crippen LogP contribution is -1.82. The number of ketones is 1. The van der Waals surface area contributed by atoms with Gasteiger partial charge in [-0.2, -0.15) is 0 Å². The average molecular weight is 231 g/mol. The third-order valence-electron chi connectivity index (χ3n) is 1.59. The fraction of sp³-hybridized carbons (Fsp3) is 0.100. The van der Waals surface area contributed by atoms with E-state index in [1.807, 2.05) is 0 Å². The molecule has 0 atom stereocenters. The lowest BCUT2D eigenvalue weighted by molar-refractivity contribution is -0.112. The summed E-state index contributed by atoms with van der Waals surface area (Å²) in [4.78, 5) is 10.7. The molecule has 74 valence electrons. The summed E-state index contributed by atoms with van der Waals surface area (Å²) in [5.74, 6) is -0.151. The maximum Gasteiger partial charge on any atom is 0.152 e. The Morgan fingerprint density at radius 2 is 2.00 bits per heavy atom. The van der Waals surface area contributed by atoms with E-state index in [0.717, 1.165) is 0 Å². The first kappa shape index (κ1) is 11.1. The van der Waals surface area contributed by atoms with Crippen LogP contribution in [0.3, 0.4) is 0 Å². The van der Waals surface area contributed by atoms with Crippen LogP contribution in [0, 0.1) is 0 Å². The number of carbonyl (C=O) groups excluding carboxylic acids is 1. The maximum atomic E-state index is 10.7.